The van der Waals surface area contributed by atoms with E-state index in [4.69, 9.17) is 16.3 Å². The van der Waals surface area contributed by atoms with Gasteiger partial charge in [0, 0.05) is 16.3 Å². The number of methoxy groups -OCH3 is 1. The molecule has 1 N–H and O–H groups in total. The molecule has 0 aromatic heterocycles. The third-order valence-corrected chi connectivity index (χ3v) is 5.71. The van der Waals surface area contributed by atoms with Gasteiger partial charge in [0.05, 0.1) is 7.11 Å². The number of benzene rings is 3. The predicted octanol–water partition coefficient (Wildman–Crippen LogP) is 5.05. The van der Waals surface area contributed by atoms with Crippen molar-refractivity contribution in [3.05, 3.63) is 95.0 Å². The minimum atomic E-state index is -3.92. The van der Waals surface area contributed by atoms with Crippen LogP contribution < -0.4 is 9.46 Å². The van der Waals surface area contributed by atoms with E-state index in [1.165, 1.54) is 19.3 Å². The number of anilines is 1. The van der Waals surface area contributed by atoms with E-state index in [1.807, 2.05) is 6.07 Å². The van der Waals surface area contributed by atoms with Crippen molar-refractivity contribution in [1.82, 2.24) is 0 Å². The molecule has 0 saturated heterocycles. The summed E-state index contributed by atoms with van der Waals surface area (Å²) >= 11 is 5.84. The summed E-state index contributed by atoms with van der Waals surface area (Å²) in [5, 5.41) is 0.501. The second-order valence-corrected chi connectivity index (χ2v) is 8.17. The van der Waals surface area contributed by atoms with E-state index < -0.39 is 10.0 Å². The summed E-state index contributed by atoms with van der Waals surface area (Å²) in [5.41, 5.74) is 1.47. The van der Waals surface area contributed by atoms with Crippen LogP contribution in [0.2, 0.25) is 5.02 Å². The Hall–Kier alpha value is -3.09. The van der Waals surface area contributed by atoms with Crippen molar-refractivity contribution in [1.29, 1.82) is 0 Å². The lowest BCUT2D eigenvalue weighted by Crippen LogP contribution is -2.14. The summed E-state index contributed by atoms with van der Waals surface area (Å²) in [6.45, 7) is 0. The smallest absolute Gasteiger partial charge is 0.265 e. The molecule has 0 heterocycles. The first kappa shape index (κ1) is 20.6. The number of halogens is 1. The van der Waals surface area contributed by atoms with Gasteiger partial charge in [0.25, 0.3) is 10.0 Å². The Labute approximate surface area is 174 Å². The highest BCUT2D eigenvalue weighted by molar-refractivity contribution is 7.92. The zero-order valence-electron chi connectivity index (χ0n) is 15.5. The van der Waals surface area contributed by atoms with E-state index in [2.05, 4.69) is 4.72 Å². The minimum absolute atomic E-state index is 0.0377. The van der Waals surface area contributed by atoms with Crippen LogP contribution in [0.3, 0.4) is 0 Å². The third-order valence-electron chi connectivity index (χ3n) is 4.06. The topological polar surface area (TPSA) is 72.5 Å². The fraction of sp³-hybridized carbons (Fsp3) is 0.0455. The van der Waals surface area contributed by atoms with Crippen molar-refractivity contribution in [2.45, 2.75) is 4.90 Å². The van der Waals surface area contributed by atoms with Crippen molar-refractivity contribution in [2.24, 2.45) is 0 Å². The first-order valence-corrected chi connectivity index (χ1v) is 10.5. The molecule has 0 spiro atoms. The SMILES string of the molecule is COc1ccc(/C=C/C(=O)c2ccccc2)cc1S(=O)(=O)Nc1ccc(Cl)cc1. The number of ether oxygens (including phenoxy) is 1. The van der Waals surface area contributed by atoms with Gasteiger partial charge in [-0.1, -0.05) is 54.1 Å². The van der Waals surface area contributed by atoms with Crippen molar-refractivity contribution in [3.63, 3.8) is 0 Å². The lowest BCUT2D eigenvalue weighted by molar-refractivity contribution is 0.104. The molecule has 3 rings (SSSR count). The van der Waals surface area contributed by atoms with Gasteiger partial charge >= 0.3 is 0 Å². The van der Waals surface area contributed by atoms with Gasteiger partial charge in [-0.2, -0.15) is 0 Å². The fourth-order valence-corrected chi connectivity index (χ4v) is 4.00. The number of allylic oxidation sites excluding steroid dienone is 1. The number of sulfonamides is 1. The lowest BCUT2D eigenvalue weighted by Gasteiger charge is -2.12. The van der Waals surface area contributed by atoms with Crippen molar-refractivity contribution < 1.29 is 17.9 Å². The number of ketones is 1. The zero-order valence-corrected chi connectivity index (χ0v) is 17.1. The molecule has 0 fully saturated rings. The van der Waals surface area contributed by atoms with Crippen LogP contribution in [0.4, 0.5) is 5.69 Å². The van der Waals surface area contributed by atoms with Crippen LogP contribution in [0.15, 0.2) is 83.8 Å². The molecule has 0 amide bonds. The number of rotatable bonds is 7. The quantitative estimate of drug-likeness (QED) is 0.423. The zero-order chi connectivity index (χ0) is 20.9. The standard InChI is InChI=1S/C22H18ClNO4S/c1-28-21-14-8-16(7-13-20(25)17-5-3-2-4-6-17)15-22(21)29(26,27)24-19-11-9-18(23)10-12-19/h2-15,24H,1H3/b13-7+. The largest absolute Gasteiger partial charge is 0.495 e. The highest BCUT2D eigenvalue weighted by Crippen LogP contribution is 2.28. The number of carbonyl (C=O) groups is 1. The van der Waals surface area contributed by atoms with Gasteiger partial charge < -0.3 is 4.74 Å². The van der Waals surface area contributed by atoms with Crippen LogP contribution in [0.1, 0.15) is 15.9 Å². The van der Waals surface area contributed by atoms with Gasteiger partial charge in [-0.3, -0.25) is 9.52 Å². The Morgan fingerprint density at radius 3 is 2.34 bits per heavy atom. The minimum Gasteiger partial charge on any atom is -0.495 e. The summed E-state index contributed by atoms with van der Waals surface area (Å²) < 4.78 is 33.4. The normalized spacial score (nSPS) is 11.4. The molecule has 0 unspecified atom stereocenters. The summed E-state index contributed by atoms with van der Waals surface area (Å²) in [6, 6.07) is 19.8. The van der Waals surface area contributed by atoms with Gasteiger partial charge in [0.2, 0.25) is 0 Å². The molecule has 148 valence electrons. The maximum Gasteiger partial charge on any atom is 0.265 e. The molecule has 3 aromatic rings. The van der Waals surface area contributed by atoms with Crippen molar-refractivity contribution in [3.8, 4) is 5.75 Å². The summed E-state index contributed by atoms with van der Waals surface area (Å²) in [7, 11) is -2.53. The Bertz CT molecular complexity index is 1140. The van der Waals surface area contributed by atoms with Crippen LogP contribution in [0, 0.1) is 0 Å². The first-order valence-electron chi connectivity index (χ1n) is 8.63. The molecule has 3 aromatic carbocycles. The summed E-state index contributed by atoms with van der Waals surface area (Å²) in [5.74, 6) is 0.0168. The maximum atomic E-state index is 12.9. The number of hydrogen-bond acceptors (Lipinski definition) is 4. The van der Waals surface area contributed by atoms with Gasteiger partial charge in [-0.25, -0.2) is 8.42 Å². The molecular formula is C22H18ClNO4S. The molecule has 0 saturated carbocycles. The van der Waals surface area contributed by atoms with Crippen molar-refractivity contribution >= 4 is 39.2 Å². The molecule has 0 aliphatic rings. The van der Waals surface area contributed by atoms with Crippen LogP contribution >= 0.6 is 11.6 Å². The predicted molar refractivity (Wildman–Crippen MR) is 115 cm³/mol. The first-order chi connectivity index (χ1) is 13.9. The van der Waals surface area contributed by atoms with Crippen LogP contribution in [-0.2, 0) is 10.0 Å². The van der Waals surface area contributed by atoms with E-state index in [-0.39, 0.29) is 16.4 Å². The Balaban J connectivity index is 1.89. The van der Waals surface area contributed by atoms with E-state index in [9.17, 15) is 13.2 Å². The van der Waals surface area contributed by atoms with Gasteiger partial charge in [-0.15, -0.1) is 0 Å². The van der Waals surface area contributed by atoms with Crippen LogP contribution in [0.5, 0.6) is 5.75 Å². The Morgan fingerprint density at radius 2 is 1.69 bits per heavy atom. The summed E-state index contributed by atoms with van der Waals surface area (Å²) in [4.78, 5) is 12.2. The lowest BCUT2D eigenvalue weighted by atomic mass is 10.1. The average Bonchev–Trinajstić information content (AvgIpc) is 2.74. The molecule has 5 nitrogen and oxygen atoms in total. The molecule has 29 heavy (non-hydrogen) atoms. The molecule has 0 aliphatic carbocycles. The average molecular weight is 428 g/mol. The molecular weight excluding hydrogens is 410 g/mol. The second kappa shape index (κ2) is 8.94. The van der Waals surface area contributed by atoms with Crippen molar-refractivity contribution in [2.75, 3.05) is 11.8 Å². The number of nitrogens with one attached hydrogen (secondary N) is 1. The van der Waals surface area contributed by atoms with E-state index in [0.717, 1.165) is 0 Å². The van der Waals surface area contributed by atoms with Gasteiger partial charge in [0.15, 0.2) is 5.78 Å². The molecule has 0 radical (unpaired) electrons. The van der Waals surface area contributed by atoms with Gasteiger partial charge in [0.1, 0.15) is 10.6 Å². The van der Waals surface area contributed by atoms with E-state index >= 15 is 0 Å². The van der Waals surface area contributed by atoms with Crippen LogP contribution in [0.25, 0.3) is 6.08 Å². The highest BCUT2D eigenvalue weighted by atomic mass is 35.5. The van der Waals surface area contributed by atoms with E-state index in [1.54, 1.807) is 66.7 Å². The third kappa shape index (κ3) is 5.25. The molecule has 0 aliphatic heterocycles. The Kier molecular flexibility index (Phi) is 6.36. The molecule has 0 atom stereocenters. The molecule has 7 heteroatoms. The monoisotopic (exact) mass is 427 g/mol. The van der Waals surface area contributed by atoms with Crippen LogP contribution in [-0.4, -0.2) is 21.3 Å². The summed E-state index contributed by atoms with van der Waals surface area (Å²) in [6.07, 6.45) is 2.97. The maximum absolute atomic E-state index is 12.9. The Morgan fingerprint density at radius 1 is 1.00 bits per heavy atom. The molecule has 0 bridgehead atoms. The number of carbonyl (C=O) groups excluding carboxylic acids is 1. The van der Waals surface area contributed by atoms with Gasteiger partial charge in [-0.05, 0) is 48.0 Å². The fourth-order valence-electron chi connectivity index (χ4n) is 2.61. The van der Waals surface area contributed by atoms with E-state index in [0.29, 0.717) is 21.8 Å². The highest BCUT2D eigenvalue weighted by Gasteiger charge is 2.20. The number of hydrogen-bond donors (Lipinski definition) is 1. The second-order valence-electron chi connectivity index (χ2n) is 6.09.